The van der Waals surface area contributed by atoms with Crippen LogP contribution in [-0.2, 0) is 4.79 Å². The Morgan fingerprint density at radius 3 is 2.62 bits per heavy atom. The van der Waals surface area contributed by atoms with Gasteiger partial charge in [-0.1, -0.05) is 6.07 Å². The summed E-state index contributed by atoms with van der Waals surface area (Å²) in [5.74, 6) is 2.44. The second-order valence-electron chi connectivity index (χ2n) is 7.29. The highest BCUT2D eigenvalue weighted by molar-refractivity contribution is 7.11. The number of Topliss-reactive ketones (excluding diaryl/α,β-unsaturated/α-hetero) is 1. The molecule has 2 aromatic rings. The lowest BCUT2D eigenvalue weighted by Crippen LogP contribution is -2.24. The van der Waals surface area contributed by atoms with Crippen LogP contribution >= 0.6 is 11.3 Å². The van der Waals surface area contributed by atoms with E-state index in [1.54, 1.807) is 18.3 Å². The number of thiophene rings is 1. The third kappa shape index (κ3) is 1.89. The molecule has 5 rings (SSSR count). The molecule has 4 heteroatoms. The first kappa shape index (κ1) is 14.4. The normalized spacial score (nSPS) is 31.1. The highest BCUT2D eigenvalue weighted by atomic mass is 32.1. The van der Waals surface area contributed by atoms with Gasteiger partial charge in [0, 0.05) is 22.4 Å². The summed E-state index contributed by atoms with van der Waals surface area (Å²) in [6.07, 6.45) is 3.61. The molecule has 122 valence electrons. The molecule has 24 heavy (non-hydrogen) atoms. The van der Waals surface area contributed by atoms with E-state index in [9.17, 15) is 9.59 Å². The van der Waals surface area contributed by atoms with Crippen molar-refractivity contribution < 1.29 is 9.21 Å². The molecule has 3 aliphatic rings. The maximum absolute atomic E-state index is 13.3. The summed E-state index contributed by atoms with van der Waals surface area (Å²) in [5.41, 5.74) is 2.33. The maximum atomic E-state index is 13.3. The van der Waals surface area contributed by atoms with E-state index in [4.69, 9.17) is 4.42 Å². The average molecular weight is 338 g/mol. The largest absolute Gasteiger partial charge is 0.428 e. The lowest BCUT2D eigenvalue weighted by molar-refractivity contribution is -0.118. The molecule has 3 nitrogen and oxygen atoms in total. The van der Waals surface area contributed by atoms with Gasteiger partial charge in [-0.2, -0.15) is 0 Å². The van der Waals surface area contributed by atoms with Gasteiger partial charge in [-0.05, 0) is 72.6 Å². The number of aryl methyl sites for hydroxylation is 1. The summed E-state index contributed by atoms with van der Waals surface area (Å²) < 4.78 is 5.10. The van der Waals surface area contributed by atoms with Crippen LogP contribution in [0.3, 0.4) is 0 Å². The number of carbonyl (C=O) groups excluding carboxylic acids is 1. The Bertz CT molecular complexity index is 919. The average Bonchev–Trinajstić information content (AvgIpc) is 3.28. The van der Waals surface area contributed by atoms with E-state index < -0.39 is 0 Å². The Kier molecular flexibility index (Phi) is 3.02. The minimum atomic E-state index is -0.379. The Hall–Kier alpha value is -1.94. The van der Waals surface area contributed by atoms with E-state index in [-0.39, 0.29) is 17.3 Å². The third-order valence-corrected chi connectivity index (χ3v) is 6.94. The van der Waals surface area contributed by atoms with Crippen molar-refractivity contribution in [1.29, 1.82) is 0 Å². The van der Waals surface area contributed by atoms with E-state index in [1.165, 1.54) is 35.8 Å². The number of hydrogen-bond donors (Lipinski definition) is 0. The summed E-state index contributed by atoms with van der Waals surface area (Å²) >= 11 is 1.69. The number of fused-ring (bicyclic) bond motifs is 5. The van der Waals surface area contributed by atoms with Crippen molar-refractivity contribution in [2.24, 2.45) is 23.7 Å². The summed E-state index contributed by atoms with van der Waals surface area (Å²) in [4.78, 5) is 26.4. The van der Waals surface area contributed by atoms with Crippen molar-refractivity contribution in [3.63, 3.8) is 0 Å². The monoisotopic (exact) mass is 338 g/mol. The highest BCUT2D eigenvalue weighted by Gasteiger charge is 2.57. The molecule has 0 aliphatic heterocycles. The fraction of sp³-hybridized carbons (Fsp3) is 0.400. The Balaban J connectivity index is 1.77. The first-order chi connectivity index (χ1) is 11.6. The maximum Gasteiger partial charge on any atom is 0.336 e. The lowest BCUT2D eigenvalue weighted by atomic mass is 9.78. The second kappa shape index (κ2) is 5.03. The van der Waals surface area contributed by atoms with Crippen LogP contribution in [0.2, 0.25) is 0 Å². The van der Waals surface area contributed by atoms with Crippen LogP contribution in [0.5, 0.6) is 0 Å². The summed E-state index contributed by atoms with van der Waals surface area (Å²) in [5, 5.41) is 2.07. The lowest BCUT2D eigenvalue weighted by Gasteiger charge is -2.25. The van der Waals surface area contributed by atoms with Crippen molar-refractivity contribution >= 4 is 28.3 Å². The van der Waals surface area contributed by atoms with Gasteiger partial charge in [-0.3, -0.25) is 4.79 Å². The topological polar surface area (TPSA) is 47.3 Å². The zero-order valence-corrected chi connectivity index (χ0v) is 14.3. The molecule has 0 amide bonds. The minimum Gasteiger partial charge on any atom is -0.428 e. The smallest absolute Gasteiger partial charge is 0.336 e. The Morgan fingerprint density at radius 1 is 1.12 bits per heavy atom. The van der Waals surface area contributed by atoms with Gasteiger partial charge in [-0.25, -0.2) is 4.79 Å². The second-order valence-corrected chi connectivity index (χ2v) is 8.24. The molecule has 0 aromatic carbocycles. The van der Waals surface area contributed by atoms with E-state index >= 15 is 0 Å². The fourth-order valence-electron chi connectivity index (χ4n) is 5.32. The summed E-state index contributed by atoms with van der Waals surface area (Å²) in [6, 6.07) is 7.47. The molecule has 0 N–H and O–H groups in total. The molecule has 3 aliphatic carbocycles. The molecule has 2 heterocycles. The van der Waals surface area contributed by atoms with Gasteiger partial charge >= 0.3 is 5.63 Å². The number of ketones is 1. The number of allylic oxidation sites excluding steroid dienone is 2. The molecular formula is C20H18O3S. The predicted molar refractivity (Wildman–Crippen MR) is 93.7 cm³/mol. The van der Waals surface area contributed by atoms with Gasteiger partial charge < -0.3 is 4.42 Å². The van der Waals surface area contributed by atoms with E-state index in [0.717, 1.165) is 11.1 Å². The summed E-state index contributed by atoms with van der Waals surface area (Å²) in [7, 11) is 0. The molecule has 2 bridgehead atoms. The SMILES string of the molecule is Cc1cc(C2=C(c3cccs3)[C@@H]3[C@H]4CC[C@H](C4)[C@@H]3C2=O)cc(=O)o1. The molecule has 0 spiro atoms. The van der Waals surface area contributed by atoms with Gasteiger partial charge in [-0.15, -0.1) is 11.3 Å². The standard InChI is InChI=1S/C20H18O3S/c1-10-7-13(9-15(21)23-10)18-19(14-3-2-6-24-14)16-11-4-5-12(8-11)17(16)20(18)22/h2-3,6-7,9,11-12,16-17H,4-5,8H2,1H3/t11-,12+,16+,17-/m0/s1. The van der Waals surface area contributed by atoms with Gasteiger partial charge in [0.1, 0.15) is 5.76 Å². The molecule has 0 saturated heterocycles. The molecule has 2 aromatic heterocycles. The van der Waals surface area contributed by atoms with Crippen molar-refractivity contribution in [3.8, 4) is 0 Å². The number of carbonyl (C=O) groups is 1. The summed E-state index contributed by atoms with van der Waals surface area (Å²) in [6.45, 7) is 1.76. The van der Waals surface area contributed by atoms with Crippen molar-refractivity contribution in [2.75, 3.05) is 0 Å². The Morgan fingerprint density at radius 2 is 1.92 bits per heavy atom. The van der Waals surface area contributed by atoms with Crippen LogP contribution in [0.4, 0.5) is 0 Å². The van der Waals surface area contributed by atoms with Crippen LogP contribution in [0, 0.1) is 30.6 Å². The van der Waals surface area contributed by atoms with Crippen LogP contribution < -0.4 is 5.63 Å². The number of hydrogen-bond acceptors (Lipinski definition) is 4. The van der Waals surface area contributed by atoms with E-state index in [0.29, 0.717) is 23.5 Å². The Labute approximate surface area is 144 Å². The van der Waals surface area contributed by atoms with E-state index in [1.807, 2.05) is 12.1 Å². The first-order valence-corrected chi connectivity index (χ1v) is 9.46. The van der Waals surface area contributed by atoms with Crippen molar-refractivity contribution in [2.45, 2.75) is 26.2 Å². The molecule has 0 unspecified atom stereocenters. The van der Waals surface area contributed by atoms with Crippen LogP contribution in [0.25, 0.3) is 11.1 Å². The van der Waals surface area contributed by atoms with Crippen LogP contribution in [-0.4, -0.2) is 5.78 Å². The molecule has 2 saturated carbocycles. The molecule has 0 radical (unpaired) electrons. The fourth-order valence-corrected chi connectivity index (χ4v) is 6.14. The van der Waals surface area contributed by atoms with Gasteiger partial charge in [0.05, 0.1) is 0 Å². The van der Waals surface area contributed by atoms with Gasteiger partial charge in [0.2, 0.25) is 0 Å². The molecular weight excluding hydrogens is 320 g/mol. The van der Waals surface area contributed by atoms with Crippen molar-refractivity contribution in [3.05, 3.63) is 56.3 Å². The van der Waals surface area contributed by atoms with Crippen molar-refractivity contribution in [1.82, 2.24) is 0 Å². The highest BCUT2D eigenvalue weighted by Crippen LogP contribution is 2.63. The molecule has 2 fully saturated rings. The number of rotatable bonds is 2. The van der Waals surface area contributed by atoms with Gasteiger partial charge in [0.15, 0.2) is 5.78 Å². The zero-order chi connectivity index (χ0) is 16.4. The molecule has 4 atom stereocenters. The third-order valence-electron chi connectivity index (χ3n) is 6.04. The first-order valence-electron chi connectivity index (χ1n) is 8.58. The zero-order valence-electron chi connectivity index (χ0n) is 13.5. The van der Waals surface area contributed by atoms with Crippen LogP contribution in [0.15, 0.2) is 38.9 Å². The van der Waals surface area contributed by atoms with Crippen LogP contribution in [0.1, 0.15) is 35.5 Å². The van der Waals surface area contributed by atoms with E-state index in [2.05, 4.69) is 11.4 Å². The quantitative estimate of drug-likeness (QED) is 0.826. The van der Waals surface area contributed by atoms with Gasteiger partial charge in [0.25, 0.3) is 0 Å². The predicted octanol–water partition coefficient (Wildman–Crippen LogP) is 4.17. The minimum absolute atomic E-state index is 0.128.